The zero-order valence-corrected chi connectivity index (χ0v) is 17.5. The van der Waals surface area contributed by atoms with Crippen LogP contribution >= 0.6 is 23.2 Å². The van der Waals surface area contributed by atoms with Crippen LogP contribution in [0.5, 0.6) is 0 Å². The fraction of sp³-hybridized carbons (Fsp3) is 0.381. The van der Waals surface area contributed by atoms with Crippen molar-refractivity contribution in [3.8, 4) is 11.3 Å². The molecule has 0 saturated heterocycles. The maximum Gasteiger partial charge on any atom is 0.156 e. The second-order valence-corrected chi connectivity index (χ2v) is 8.11. The van der Waals surface area contributed by atoms with E-state index in [1.165, 1.54) is 0 Å². The molecule has 1 N–H and O–H groups in total. The van der Waals surface area contributed by atoms with E-state index in [0.717, 1.165) is 53.8 Å². The molecule has 0 amide bonds. The SMILES string of the molecule is CNC1CCC(N(C)c2nc3cc(Cl)c(Cl)cc3nc2-c2cccnc2)CC1. The molecule has 0 unspecified atom stereocenters. The number of aromatic nitrogens is 3. The molecule has 0 aliphatic heterocycles. The number of nitrogens with zero attached hydrogens (tertiary/aromatic N) is 4. The highest BCUT2D eigenvalue weighted by Crippen LogP contribution is 2.35. The second-order valence-electron chi connectivity index (χ2n) is 7.30. The van der Waals surface area contributed by atoms with Crippen molar-refractivity contribution in [1.82, 2.24) is 20.3 Å². The lowest BCUT2D eigenvalue weighted by atomic mass is 9.90. The third-order valence-electron chi connectivity index (χ3n) is 5.61. The van der Waals surface area contributed by atoms with E-state index in [9.17, 15) is 0 Å². The fourth-order valence-corrected chi connectivity index (χ4v) is 4.23. The molecular weight excluding hydrogens is 393 g/mol. The van der Waals surface area contributed by atoms with Crippen LogP contribution in [0.25, 0.3) is 22.3 Å². The Morgan fingerprint density at radius 2 is 1.71 bits per heavy atom. The number of benzene rings is 1. The molecule has 1 fully saturated rings. The number of pyridine rings is 1. The lowest BCUT2D eigenvalue weighted by Crippen LogP contribution is -2.40. The average Bonchev–Trinajstić information content (AvgIpc) is 2.74. The average molecular weight is 416 g/mol. The van der Waals surface area contributed by atoms with Crippen molar-refractivity contribution in [2.24, 2.45) is 0 Å². The zero-order chi connectivity index (χ0) is 19.7. The standard InChI is InChI=1S/C21H23Cl2N5/c1-24-14-5-7-15(8-6-14)28(2)21-20(13-4-3-9-25-12-13)26-18-10-16(22)17(23)11-19(18)27-21/h3-4,9-12,14-15,24H,5-8H2,1-2H3. The minimum atomic E-state index is 0.426. The lowest BCUT2D eigenvalue weighted by Gasteiger charge is -2.36. The summed E-state index contributed by atoms with van der Waals surface area (Å²) in [5, 5.41) is 4.36. The van der Waals surface area contributed by atoms with Crippen LogP contribution in [0, 0.1) is 0 Å². The predicted octanol–water partition coefficient (Wildman–Crippen LogP) is 4.97. The first-order valence-corrected chi connectivity index (χ1v) is 10.3. The lowest BCUT2D eigenvalue weighted by molar-refractivity contribution is 0.350. The van der Waals surface area contributed by atoms with Gasteiger partial charge < -0.3 is 10.2 Å². The van der Waals surface area contributed by atoms with Crippen molar-refractivity contribution in [2.75, 3.05) is 19.0 Å². The first-order valence-electron chi connectivity index (χ1n) is 9.54. The number of fused-ring (bicyclic) bond motifs is 1. The van der Waals surface area contributed by atoms with Gasteiger partial charge in [-0.1, -0.05) is 23.2 Å². The molecule has 1 aromatic carbocycles. The molecule has 1 aliphatic rings. The van der Waals surface area contributed by atoms with E-state index < -0.39 is 0 Å². The maximum atomic E-state index is 6.23. The Hall–Kier alpha value is -1.95. The van der Waals surface area contributed by atoms with Crippen molar-refractivity contribution in [1.29, 1.82) is 0 Å². The summed E-state index contributed by atoms with van der Waals surface area (Å²) < 4.78 is 0. The van der Waals surface area contributed by atoms with Crippen LogP contribution in [0.3, 0.4) is 0 Å². The zero-order valence-electron chi connectivity index (χ0n) is 16.0. The molecule has 0 spiro atoms. The van der Waals surface area contributed by atoms with Gasteiger partial charge in [-0.25, -0.2) is 9.97 Å². The summed E-state index contributed by atoms with van der Waals surface area (Å²) in [6.45, 7) is 0. The fourth-order valence-electron chi connectivity index (χ4n) is 3.91. The molecule has 0 bridgehead atoms. The Morgan fingerprint density at radius 1 is 1.04 bits per heavy atom. The van der Waals surface area contributed by atoms with Gasteiger partial charge in [-0.3, -0.25) is 4.98 Å². The molecule has 1 saturated carbocycles. The van der Waals surface area contributed by atoms with Gasteiger partial charge in [0.1, 0.15) is 5.69 Å². The first kappa shape index (κ1) is 19.4. The van der Waals surface area contributed by atoms with Crippen LogP contribution in [0.1, 0.15) is 25.7 Å². The Balaban J connectivity index is 1.79. The van der Waals surface area contributed by atoms with E-state index in [1.807, 2.05) is 25.4 Å². The maximum absolute atomic E-state index is 6.23. The summed E-state index contributed by atoms with van der Waals surface area (Å²) in [5.74, 6) is 0.854. The van der Waals surface area contributed by atoms with E-state index in [1.54, 1.807) is 18.3 Å². The van der Waals surface area contributed by atoms with Gasteiger partial charge in [0, 0.05) is 37.1 Å². The minimum Gasteiger partial charge on any atom is -0.355 e. The molecule has 28 heavy (non-hydrogen) atoms. The van der Waals surface area contributed by atoms with Crippen molar-refractivity contribution in [3.63, 3.8) is 0 Å². The van der Waals surface area contributed by atoms with E-state index in [0.29, 0.717) is 22.1 Å². The number of anilines is 1. The number of rotatable bonds is 4. The van der Waals surface area contributed by atoms with Gasteiger partial charge in [-0.2, -0.15) is 0 Å². The van der Waals surface area contributed by atoms with Gasteiger partial charge >= 0.3 is 0 Å². The smallest absolute Gasteiger partial charge is 0.156 e. The summed E-state index contributed by atoms with van der Waals surface area (Å²) in [4.78, 5) is 16.4. The predicted molar refractivity (Wildman–Crippen MR) is 116 cm³/mol. The monoisotopic (exact) mass is 415 g/mol. The molecule has 1 aliphatic carbocycles. The normalized spacial score (nSPS) is 19.7. The highest BCUT2D eigenvalue weighted by molar-refractivity contribution is 6.42. The molecule has 3 aromatic rings. The minimum absolute atomic E-state index is 0.426. The van der Waals surface area contributed by atoms with Crippen molar-refractivity contribution >= 4 is 40.1 Å². The van der Waals surface area contributed by atoms with Gasteiger partial charge in [0.2, 0.25) is 0 Å². The number of hydrogen-bond donors (Lipinski definition) is 1. The van der Waals surface area contributed by atoms with Crippen molar-refractivity contribution in [3.05, 3.63) is 46.7 Å². The summed E-state index contributed by atoms with van der Waals surface area (Å²) >= 11 is 12.4. The number of nitrogens with one attached hydrogen (secondary N) is 1. The Morgan fingerprint density at radius 3 is 2.32 bits per heavy atom. The molecule has 5 nitrogen and oxygen atoms in total. The van der Waals surface area contributed by atoms with Gasteiger partial charge in [0.25, 0.3) is 0 Å². The molecule has 7 heteroatoms. The van der Waals surface area contributed by atoms with Gasteiger partial charge in [0.05, 0.1) is 21.1 Å². The van der Waals surface area contributed by atoms with Gasteiger partial charge in [0.15, 0.2) is 5.82 Å². The van der Waals surface area contributed by atoms with E-state index in [-0.39, 0.29) is 0 Å². The summed E-state index contributed by atoms with van der Waals surface area (Å²) in [6, 6.07) is 8.51. The Kier molecular flexibility index (Phi) is 5.67. The topological polar surface area (TPSA) is 53.9 Å². The van der Waals surface area contributed by atoms with Crippen LogP contribution in [-0.4, -0.2) is 41.1 Å². The quantitative estimate of drug-likeness (QED) is 0.651. The van der Waals surface area contributed by atoms with Crippen LogP contribution in [0.2, 0.25) is 10.0 Å². The highest BCUT2D eigenvalue weighted by Gasteiger charge is 2.26. The molecule has 0 radical (unpaired) electrons. The summed E-state index contributed by atoms with van der Waals surface area (Å²) in [7, 11) is 4.15. The van der Waals surface area contributed by atoms with E-state index >= 15 is 0 Å². The second kappa shape index (κ2) is 8.19. The van der Waals surface area contributed by atoms with Crippen LogP contribution in [0.15, 0.2) is 36.7 Å². The molecule has 2 heterocycles. The van der Waals surface area contributed by atoms with Gasteiger partial charge in [-0.05, 0) is 57.0 Å². The Labute approximate surface area is 175 Å². The molecular formula is C21H23Cl2N5. The highest BCUT2D eigenvalue weighted by atomic mass is 35.5. The molecule has 146 valence electrons. The third kappa shape index (κ3) is 3.79. The summed E-state index contributed by atoms with van der Waals surface area (Å²) in [6.07, 6.45) is 8.15. The molecule has 0 atom stereocenters. The first-order chi connectivity index (χ1) is 13.6. The number of hydrogen-bond acceptors (Lipinski definition) is 5. The van der Waals surface area contributed by atoms with Gasteiger partial charge in [-0.15, -0.1) is 0 Å². The van der Waals surface area contributed by atoms with Crippen LogP contribution < -0.4 is 10.2 Å². The largest absolute Gasteiger partial charge is 0.355 e. The number of halogens is 2. The van der Waals surface area contributed by atoms with Crippen LogP contribution in [0.4, 0.5) is 5.82 Å². The molecule has 4 rings (SSSR count). The van der Waals surface area contributed by atoms with E-state index in [2.05, 4.69) is 22.2 Å². The molecule has 2 aromatic heterocycles. The summed E-state index contributed by atoms with van der Waals surface area (Å²) in [5.41, 5.74) is 3.23. The van der Waals surface area contributed by atoms with Crippen molar-refractivity contribution < 1.29 is 0 Å². The third-order valence-corrected chi connectivity index (χ3v) is 6.33. The van der Waals surface area contributed by atoms with E-state index in [4.69, 9.17) is 33.2 Å². The van der Waals surface area contributed by atoms with Crippen LogP contribution in [-0.2, 0) is 0 Å². The Bertz CT molecular complexity index is 971. The van der Waals surface area contributed by atoms with Crippen molar-refractivity contribution in [2.45, 2.75) is 37.8 Å².